The molecule has 0 aliphatic heterocycles. The van der Waals surface area contributed by atoms with Gasteiger partial charge in [0.25, 0.3) is 5.91 Å². The lowest BCUT2D eigenvalue weighted by Crippen LogP contribution is -2.43. The first-order valence-electron chi connectivity index (χ1n) is 4.37. The fraction of sp³-hybridized carbons (Fsp3) is 0.375. The highest BCUT2D eigenvalue weighted by atomic mass is 16.5. The Morgan fingerprint density at radius 3 is 3.00 bits per heavy atom. The molecule has 7 heteroatoms. The van der Waals surface area contributed by atoms with Crippen LogP contribution in [0.5, 0.6) is 0 Å². The van der Waals surface area contributed by atoms with Gasteiger partial charge in [-0.05, 0) is 6.92 Å². The Morgan fingerprint density at radius 1 is 1.73 bits per heavy atom. The molecule has 0 aliphatic carbocycles. The van der Waals surface area contributed by atoms with E-state index in [0.29, 0.717) is 5.69 Å². The number of rotatable bonds is 4. The second-order valence-electron chi connectivity index (χ2n) is 2.71. The van der Waals surface area contributed by atoms with Gasteiger partial charge >= 0.3 is 5.97 Å². The van der Waals surface area contributed by atoms with Crippen molar-refractivity contribution in [1.29, 1.82) is 0 Å². The minimum atomic E-state index is -1.32. The maximum absolute atomic E-state index is 11.3. The summed E-state index contributed by atoms with van der Waals surface area (Å²) < 4.78 is 4.60. The van der Waals surface area contributed by atoms with Gasteiger partial charge < -0.3 is 15.8 Å². The van der Waals surface area contributed by atoms with E-state index in [1.165, 1.54) is 12.4 Å². The Morgan fingerprint density at radius 2 is 2.47 bits per heavy atom. The van der Waals surface area contributed by atoms with Gasteiger partial charge in [-0.25, -0.2) is 4.79 Å². The van der Waals surface area contributed by atoms with Crippen molar-refractivity contribution in [2.45, 2.75) is 13.0 Å². The number of esters is 1. The highest BCUT2D eigenvalue weighted by Gasteiger charge is 2.23. The molecular formula is C8H12N4O3. The Bertz CT molecular complexity index is 336. The molecule has 1 unspecified atom stereocenters. The van der Waals surface area contributed by atoms with E-state index in [-0.39, 0.29) is 6.61 Å². The minimum Gasteiger partial charge on any atom is -0.464 e. The number of nitrogens with two attached hydrogens (primary N) is 1. The van der Waals surface area contributed by atoms with Gasteiger partial charge in [-0.1, -0.05) is 0 Å². The molecule has 0 radical (unpaired) electrons. The summed E-state index contributed by atoms with van der Waals surface area (Å²) in [5, 5.41) is 8.53. The van der Waals surface area contributed by atoms with E-state index in [0.717, 1.165) is 0 Å². The van der Waals surface area contributed by atoms with Crippen molar-refractivity contribution in [1.82, 2.24) is 10.2 Å². The lowest BCUT2D eigenvalue weighted by Gasteiger charge is -2.09. The van der Waals surface area contributed by atoms with Crippen molar-refractivity contribution in [3.05, 3.63) is 12.4 Å². The molecule has 0 aliphatic rings. The fourth-order valence-corrected chi connectivity index (χ4v) is 0.878. The number of hydrogen-bond donors (Lipinski definition) is 3. The average Bonchev–Trinajstić information content (AvgIpc) is 2.69. The Labute approximate surface area is 86.0 Å². The quantitative estimate of drug-likeness (QED) is 0.448. The van der Waals surface area contributed by atoms with Crippen LogP contribution in [0.1, 0.15) is 6.92 Å². The van der Waals surface area contributed by atoms with Crippen LogP contribution >= 0.6 is 0 Å². The Balaban J connectivity index is 2.50. The van der Waals surface area contributed by atoms with Crippen LogP contribution in [0.15, 0.2) is 12.4 Å². The largest absolute Gasteiger partial charge is 0.464 e. The van der Waals surface area contributed by atoms with E-state index in [1.807, 2.05) is 0 Å². The molecule has 1 rings (SSSR count). The smallest absolute Gasteiger partial charge is 0.332 e. The lowest BCUT2D eigenvalue weighted by atomic mass is 10.3. The van der Waals surface area contributed by atoms with E-state index < -0.39 is 17.9 Å². The number of H-pyrrole nitrogens is 1. The maximum atomic E-state index is 11.3. The van der Waals surface area contributed by atoms with Crippen molar-refractivity contribution in [2.75, 3.05) is 11.9 Å². The Hall–Kier alpha value is -1.89. The van der Waals surface area contributed by atoms with Gasteiger partial charge in [0.1, 0.15) is 0 Å². The van der Waals surface area contributed by atoms with Crippen molar-refractivity contribution < 1.29 is 14.3 Å². The molecule has 7 nitrogen and oxygen atoms in total. The third kappa shape index (κ3) is 3.06. The molecular weight excluding hydrogens is 200 g/mol. The van der Waals surface area contributed by atoms with Crippen LogP contribution < -0.4 is 11.1 Å². The number of aromatic nitrogens is 2. The van der Waals surface area contributed by atoms with Gasteiger partial charge in [0.05, 0.1) is 18.5 Å². The predicted molar refractivity (Wildman–Crippen MR) is 51.8 cm³/mol. The number of nitrogens with zero attached hydrogens (tertiary/aromatic N) is 1. The molecule has 0 saturated carbocycles. The zero-order chi connectivity index (χ0) is 11.3. The van der Waals surface area contributed by atoms with Crippen LogP contribution in [0.4, 0.5) is 5.69 Å². The number of hydrogen-bond acceptors (Lipinski definition) is 5. The monoisotopic (exact) mass is 212 g/mol. The molecule has 0 saturated heterocycles. The van der Waals surface area contributed by atoms with Gasteiger partial charge in [-0.3, -0.25) is 9.89 Å². The van der Waals surface area contributed by atoms with E-state index in [2.05, 4.69) is 20.3 Å². The van der Waals surface area contributed by atoms with Gasteiger partial charge in [-0.2, -0.15) is 5.10 Å². The molecule has 1 heterocycles. The summed E-state index contributed by atoms with van der Waals surface area (Å²) in [4.78, 5) is 22.4. The van der Waals surface area contributed by atoms with Crippen molar-refractivity contribution in [2.24, 2.45) is 5.73 Å². The van der Waals surface area contributed by atoms with Crippen LogP contribution in [-0.2, 0) is 14.3 Å². The fourth-order valence-electron chi connectivity index (χ4n) is 0.878. The second kappa shape index (κ2) is 5.11. The number of aromatic amines is 1. The summed E-state index contributed by atoms with van der Waals surface area (Å²) in [5.74, 6) is -1.38. The van der Waals surface area contributed by atoms with Gasteiger partial charge in [-0.15, -0.1) is 0 Å². The summed E-state index contributed by atoms with van der Waals surface area (Å²) in [5.41, 5.74) is 5.79. The van der Waals surface area contributed by atoms with Gasteiger partial charge in [0.2, 0.25) is 0 Å². The number of anilines is 1. The maximum Gasteiger partial charge on any atom is 0.332 e. The summed E-state index contributed by atoms with van der Waals surface area (Å²) in [6.45, 7) is 1.82. The summed E-state index contributed by atoms with van der Waals surface area (Å²) >= 11 is 0. The summed E-state index contributed by atoms with van der Waals surface area (Å²) in [6.07, 6.45) is 2.87. The summed E-state index contributed by atoms with van der Waals surface area (Å²) in [6, 6.07) is -1.32. The molecule has 15 heavy (non-hydrogen) atoms. The molecule has 1 amide bonds. The molecule has 0 spiro atoms. The first-order valence-corrected chi connectivity index (χ1v) is 4.37. The predicted octanol–water partition coefficient (Wildman–Crippen LogP) is -0.761. The van der Waals surface area contributed by atoms with Crippen molar-refractivity contribution >= 4 is 17.6 Å². The number of carbonyl (C=O) groups excluding carboxylic acids is 2. The number of carbonyl (C=O) groups is 2. The third-order valence-electron chi connectivity index (χ3n) is 1.59. The zero-order valence-electron chi connectivity index (χ0n) is 8.19. The Kier molecular flexibility index (Phi) is 3.81. The lowest BCUT2D eigenvalue weighted by molar-refractivity contribution is -0.146. The molecule has 4 N–H and O–H groups in total. The third-order valence-corrected chi connectivity index (χ3v) is 1.59. The molecule has 0 aromatic carbocycles. The zero-order valence-corrected chi connectivity index (χ0v) is 8.19. The first-order chi connectivity index (χ1) is 7.15. The van der Waals surface area contributed by atoms with Crippen LogP contribution in [0.25, 0.3) is 0 Å². The molecule has 1 aromatic heterocycles. The number of amides is 1. The highest BCUT2D eigenvalue weighted by Crippen LogP contribution is 2.01. The molecule has 82 valence electrons. The normalized spacial score (nSPS) is 11.9. The molecule has 0 fully saturated rings. The highest BCUT2D eigenvalue weighted by molar-refractivity contribution is 6.08. The first kappa shape index (κ1) is 11.2. The topological polar surface area (TPSA) is 110 Å². The van der Waals surface area contributed by atoms with E-state index >= 15 is 0 Å². The molecule has 0 bridgehead atoms. The van der Waals surface area contributed by atoms with Crippen LogP contribution in [0.2, 0.25) is 0 Å². The van der Waals surface area contributed by atoms with E-state index in [4.69, 9.17) is 5.73 Å². The van der Waals surface area contributed by atoms with Gasteiger partial charge in [0, 0.05) is 6.20 Å². The van der Waals surface area contributed by atoms with Crippen molar-refractivity contribution in [3.8, 4) is 0 Å². The number of nitrogens with one attached hydrogen (secondary N) is 2. The standard InChI is InChI=1S/C8H12N4O3/c1-2-15-8(14)6(9)7(13)12-5-3-10-11-4-5/h3-4,6H,2,9H2,1H3,(H,10,11)(H,12,13). The molecule has 1 aromatic rings. The van der Waals surface area contributed by atoms with Gasteiger partial charge in [0.15, 0.2) is 6.04 Å². The van der Waals surface area contributed by atoms with Crippen LogP contribution in [-0.4, -0.2) is 34.7 Å². The number of ether oxygens (including phenoxy) is 1. The van der Waals surface area contributed by atoms with E-state index in [1.54, 1.807) is 6.92 Å². The average molecular weight is 212 g/mol. The van der Waals surface area contributed by atoms with Crippen LogP contribution in [0.3, 0.4) is 0 Å². The van der Waals surface area contributed by atoms with Crippen LogP contribution in [0, 0.1) is 0 Å². The summed E-state index contributed by atoms with van der Waals surface area (Å²) in [7, 11) is 0. The van der Waals surface area contributed by atoms with Crippen molar-refractivity contribution in [3.63, 3.8) is 0 Å². The SMILES string of the molecule is CCOC(=O)C(N)C(=O)Nc1cn[nH]c1. The van der Waals surface area contributed by atoms with E-state index in [9.17, 15) is 9.59 Å². The minimum absolute atomic E-state index is 0.186. The molecule has 1 atom stereocenters. The second-order valence-corrected chi connectivity index (χ2v) is 2.71.